The molecule has 0 fully saturated rings. The van der Waals surface area contributed by atoms with Crippen LogP contribution in [0, 0.1) is 5.92 Å². The molecule has 0 spiro atoms. The number of imide groups is 1. The van der Waals surface area contributed by atoms with Gasteiger partial charge in [0.1, 0.15) is 0 Å². The van der Waals surface area contributed by atoms with Gasteiger partial charge < -0.3 is 5.32 Å². The van der Waals surface area contributed by atoms with E-state index in [4.69, 9.17) is 0 Å². The summed E-state index contributed by atoms with van der Waals surface area (Å²) in [6, 6.07) is 11.1. The molecular formula is C23H28N2O3. The van der Waals surface area contributed by atoms with Crippen LogP contribution in [0.1, 0.15) is 67.2 Å². The lowest BCUT2D eigenvalue weighted by Gasteiger charge is -2.27. The number of hydrogen-bond acceptors (Lipinski definition) is 3. The average molecular weight is 380 g/mol. The first-order valence-corrected chi connectivity index (χ1v) is 10.1. The van der Waals surface area contributed by atoms with E-state index >= 15 is 0 Å². The van der Waals surface area contributed by atoms with Gasteiger partial charge in [-0.15, -0.1) is 0 Å². The molecule has 1 aliphatic heterocycles. The van der Waals surface area contributed by atoms with Crippen molar-refractivity contribution in [2.75, 3.05) is 6.54 Å². The van der Waals surface area contributed by atoms with Crippen LogP contribution in [0.25, 0.3) is 10.8 Å². The van der Waals surface area contributed by atoms with Crippen LogP contribution >= 0.6 is 0 Å². The summed E-state index contributed by atoms with van der Waals surface area (Å²) in [7, 11) is 0. The number of rotatable bonds is 8. The van der Waals surface area contributed by atoms with E-state index in [0.717, 1.165) is 23.6 Å². The smallest absolute Gasteiger partial charge is 0.261 e. The third-order valence-electron chi connectivity index (χ3n) is 5.23. The first-order valence-electron chi connectivity index (χ1n) is 10.1. The minimum atomic E-state index is -0.278. The van der Waals surface area contributed by atoms with Crippen LogP contribution < -0.4 is 5.32 Å². The van der Waals surface area contributed by atoms with Crippen LogP contribution in [-0.2, 0) is 4.79 Å². The van der Waals surface area contributed by atoms with Crippen molar-refractivity contribution in [1.29, 1.82) is 0 Å². The van der Waals surface area contributed by atoms with Gasteiger partial charge in [0, 0.05) is 35.5 Å². The molecule has 5 heteroatoms. The predicted octanol–water partition coefficient (Wildman–Crippen LogP) is 4.16. The molecule has 1 unspecified atom stereocenters. The largest absolute Gasteiger partial charge is 0.354 e. The molecule has 1 heterocycles. The minimum absolute atomic E-state index is 0.0318. The topological polar surface area (TPSA) is 66.5 Å². The molecule has 1 aliphatic rings. The number of carbonyl (C=O) groups excluding carboxylic acids is 3. The SMILES string of the molecule is CC(C)CCC(C)NC(=O)CCCN1C(=O)c2cccc3cccc(c23)C1=O. The number of hydrogen-bond donors (Lipinski definition) is 1. The lowest BCUT2D eigenvalue weighted by atomic mass is 9.94. The predicted molar refractivity (Wildman–Crippen MR) is 110 cm³/mol. The van der Waals surface area contributed by atoms with Crippen molar-refractivity contribution in [3.63, 3.8) is 0 Å². The highest BCUT2D eigenvalue weighted by atomic mass is 16.2. The van der Waals surface area contributed by atoms with Gasteiger partial charge in [-0.1, -0.05) is 38.1 Å². The second kappa shape index (κ2) is 8.55. The van der Waals surface area contributed by atoms with Gasteiger partial charge in [0.15, 0.2) is 0 Å². The summed E-state index contributed by atoms with van der Waals surface area (Å²) in [6.45, 7) is 6.59. The molecule has 1 atom stereocenters. The zero-order chi connectivity index (χ0) is 20.3. The van der Waals surface area contributed by atoms with E-state index in [2.05, 4.69) is 19.2 Å². The van der Waals surface area contributed by atoms with Crippen molar-refractivity contribution in [2.24, 2.45) is 5.92 Å². The number of amides is 3. The van der Waals surface area contributed by atoms with Gasteiger partial charge in [-0.3, -0.25) is 19.3 Å². The highest BCUT2D eigenvalue weighted by Crippen LogP contribution is 2.30. The average Bonchev–Trinajstić information content (AvgIpc) is 2.67. The molecule has 0 radical (unpaired) electrons. The van der Waals surface area contributed by atoms with Gasteiger partial charge in [-0.25, -0.2) is 0 Å². The van der Waals surface area contributed by atoms with Crippen molar-refractivity contribution in [1.82, 2.24) is 10.2 Å². The summed E-state index contributed by atoms with van der Waals surface area (Å²) in [5, 5.41) is 4.62. The van der Waals surface area contributed by atoms with E-state index in [1.165, 1.54) is 4.90 Å². The van der Waals surface area contributed by atoms with Gasteiger partial charge in [-0.05, 0) is 49.6 Å². The van der Waals surface area contributed by atoms with E-state index < -0.39 is 0 Å². The standard InChI is InChI=1S/C23H28N2O3/c1-15(2)12-13-16(3)24-20(26)11-6-14-25-22(27)18-9-4-7-17-8-5-10-19(21(17)18)23(25)28/h4-5,7-10,15-16H,6,11-14H2,1-3H3,(H,24,26). The molecule has 3 rings (SSSR count). The summed E-state index contributed by atoms with van der Waals surface area (Å²) < 4.78 is 0. The summed E-state index contributed by atoms with van der Waals surface area (Å²) >= 11 is 0. The molecule has 5 nitrogen and oxygen atoms in total. The Hall–Kier alpha value is -2.69. The van der Waals surface area contributed by atoms with Crippen LogP contribution in [0.5, 0.6) is 0 Å². The van der Waals surface area contributed by atoms with Crippen molar-refractivity contribution in [3.8, 4) is 0 Å². The Morgan fingerprint density at radius 3 is 2.14 bits per heavy atom. The molecule has 0 aliphatic carbocycles. The van der Waals surface area contributed by atoms with E-state index in [9.17, 15) is 14.4 Å². The lowest BCUT2D eigenvalue weighted by Crippen LogP contribution is -2.41. The molecule has 0 bridgehead atoms. The van der Waals surface area contributed by atoms with Gasteiger partial charge in [0.25, 0.3) is 11.8 Å². The molecule has 2 aromatic rings. The Bertz CT molecular complexity index is 853. The van der Waals surface area contributed by atoms with Crippen LogP contribution in [0.3, 0.4) is 0 Å². The van der Waals surface area contributed by atoms with E-state index in [1.807, 2.05) is 31.2 Å². The van der Waals surface area contributed by atoms with Crippen molar-refractivity contribution < 1.29 is 14.4 Å². The van der Waals surface area contributed by atoms with Crippen LogP contribution in [0.2, 0.25) is 0 Å². The number of nitrogens with zero attached hydrogens (tertiary/aromatic N) is 1. The fraction of sp³-hybridized carbons (Fsp3) is 0.435. The van der Waals surface area contributed by atoms with Gasteiger partial charge in [0.05, 0.1) is 0 Å². The van der Waals surface area contributed by atoms with E-state index in [0.29, 0.717) is 29.9 Å². The first kappa shape index (κ1) is 20.1. The maximum atomic E-state index is 12.8. The second-order valence-electron chi connectivity index (χ2n) is 8.01. The molecule has 0 saturated carbocycles. The quantitative estimate of drug-likeness (QED) is 0.700. The lowest BCUT2D eigenvalue weighted by molar-refractivity contribution is -0.121. The fourth-order valence-corrected chi connectivity index (χ4v) is 3.68. The third-order valence-corrected chi connectivity index (χ3v) is 5.23. The summed E-state index contributed by atoms with van der Waals surface area (Å²) in [4.78, 5) is 39.1. The van der Waals surface area contributed by atoms with Crippen molar-refractivity contribution in [2.45, 2.75) is 52.5 Å². The molecular weight excluding hydrogens is 352 g/mol. The number of benzene rings is 2. The zero-order valence-corrected chi connectivity index (χ0v) is 16.8. The Labute approximate surface area is 166 Å². The molecule has 28 heavy (non-hydrogen) atoms. The van der Waals surface area contributed by atoms with E-state index in [1.54, 1.807) is 12.1 Å². The second-order valence-corrected chi connectivity index (χ2v) is 8.01. The molecule has 0 saturated heterocycles. The van der Waals surface area contributed by atoms with Crippen molar-refractivity contribution in [3.05, 3.63) is 47.5 Å². The third kappa shape index (κ3) is 4.24. The van der Waals surface area contributed by atoms with Gasteiger partial charge in [0.2, 0.25) is 5.91 Å². The van der Waals surface area contributed by atoms with Crippen LogP contribution in [0.15, 0.2) is 36.4 Å². The van der Waals surface area contributed by atoms with Crippen LogP contribution in [-0.4, -0.2) is 35.2 Å². The molecule has 3 amide bonds. The monoisotopic (exact) mass is 380 g/mol. The highest BCUT2D eigenvalue weighted by molar-refractivity contribution is 6.25. The normalized spacial score (nSPS) is 14.6. The summed E-state index contributed by atoms with van der Waals surface area (Å²) in [5.41, 5.74) is 1.11. The summed E-state index contributed by atoms with van der Waals surface area (Å²) in [6.07, 6.45) is 2.78. The highest BCUT2D eigenvalue weighted by Gasteiger charge is 2.32. The Balaban J connectivity index is 1.59. The summed E-state index contributed by atoms with van der Waals surface area (Å²) in [5.74, 6) is 0.0264. The fourth-order valence-electron chi connectivity index (χ4n) is 3.68. The number of nitrogens with one attached hydrogen (secondary N) is 1. The molecule has 2 aromatic carbocycles. The molecule has 148 valence electrons. The Kier molecular flexibility index (Phi) is 6.12. The maximum Gasteiger partial charge on any atom is 0.261 e. The maximum absolute atomic E-state index is 12.8. The number of carbonyl (C=O) groups is 3. The zero-order valence-electron chi connectivity index (χ0n) is 16.8. The van der Waals surface area contributed by atoms with E-state index in [-0.39, 0.29) is 30.3 Å². The minimum Gasteiger partial charge on any atom is -0.354 e. The Morgan fingerprint density at radius 1 is 0.964 bits per heavy atom. The Morgan fingerprint density at radius 2 is 1.57 bits per heavy atom. The van der Waals surface area contributed by atoms with Gasteiger partial charge in [-0.2, -0.15) is 0 Å². The van der Waals surface area contributed by atoms with Crippen molar-refractivity contribution >= 4 is 28.5 Å². The van der Waals surface area contributed by atoms with Gasteiger partial charge >= 0.3 is 0 Å². The molecule has 1 N–H and O–H groups in total. The molecule has 0 aromatic heterocycles. The first-order chi connectivity index (χ1) is 13.4. The van der Waals surface area contributed by atoms with Crippen LogP contribution in [0.4, 0.5) is 0 Å².